The van der Waals surface area contributed by atoms with Crippen molar-refractivity contribution >= 4 is 21.8 Å². The number of pyridine rings is 1. The van der Waals surface area contributed by atoms with Gasteiger partial charge in [-0.05, 0) is 36.4 Å². The molecule has 0 unspecified atom stereocenters. The molecule has 5 aromatic rings. The largest absolute Gasteiger partial charge is 0.368 e. The Morgan fingerprint density at radius 2 is 1.25 bits per heavy atom. The lowest BCUT2D eigenvalue weighted by atomic mass is 10.1. The van der Waals surface area contributed by atoms with E-state index in [2.05, 4.69) is 38.4 Å². The number of nitrogens with zero attached hydrogens (tertiary/aromatic N) is 2. The Morgan fingerprint density at radius 1 is 0.625 bits per heavy atom. The van der Waals surface area contributed by atoms with Gasteiger partial charge in [0.25, 0.3) is 0 Å². The molecule has 4 nitrogen and oxygen atoms in total. The third-order valence-electron chi connectivity index (χ3n) is 3.33. The average molecular weight is 314 g/mol. The van der Waals surface area contributed by atoms with Crippen LogP contribution in [-0.4, -0.2) is 20.2 Å². The molecule has 0 aliphatic rings. The average Bonchev–Trinajstić information content (AvgIpc) is 3.38. The lowest BCUT2D eigenvalue weighted by Gasteiger charge is -1.99. The van der Waals surface area contributed by atoms with Crippen molar-refractivity contribution in [3.05, 3.63) is 97.6 Å². The van der Waals surface area contributed by atoms with E-state index >= 15 is 0 Å². The first-order chi connectivity index (χ1) is 11.9. The molecular formula is C20H18N4. The molecule has 2 aromatic carbocycles. The molecule has 2 N–H and O–H groups in total. The van der Waals surface area contributed by atoms with Crippen molar-refractivity contribution in [3.63, 3.8) is 0 Å². The van der Waals surface area contributed by atoms with E-state index in [4.69, 9.17) is 0 Å². The van der Waals surface area contributed by atoms with Gasteiger partial charge in [-0.1, -0.05) is 36.4 Å². The number of aromatic nitrogens is 4. The summed E-state index contributed by atoms with van der Waals surface area (Å²) in [6.07, 6.45) is 7.21. The predicted molar refractivity (Wildman–Crippen MR) is 98.6 cm³/mol. The summed E-state index contributed by atoms with van der Waals surface area (Å²) in [4.78, 5) is 7.44. The number of H-pyrrole nitrogens is 2. The van der Waals surface area contributed by atoms with Crippen LogP contribution in [0.1, 0.15) is 0 Å². The Hall–Kier alpha value is -3.40. The van der Waals surface area contributed by atoms with Gasteiger partial charge >= 0.3 is 0 Å². The summed E-state index contributed by atoms with van der Waals surface area (Å²) in [7, 11) is 0. The molecule has 0 fully saturated rings. The van der Waals surface area contributed by atoms with Crippen molar-refractivity contribution < 1.29 is 0 Å². The third-order valence-corrected chi connectivity index (χ3v) is 3.33. The molecule has 4 heteroatoms. The quantitative estimate of drug-likeness (QED) is 0.403. The molecule has 0 saturated heterocycles. The second-order valence-corrected chi connectivity index (χ2v) is 5.03. The van der Waals surface area contributed by atoms with Gasteiger partial charge in [-0.2, -0.15) is 5.10 Å². The number of hydrogen-bond donors (Lipinski definition) is 2. The lowest BCUT2D eigenvalue weighted by Crippen LogP contribution is -1.80. The number of benzene rings is 2. The van der Waals surface area contributed by atoms with Crippen LogP contribution in [0.25, 0.3) is 21.8 Å². The van der Waals surface area contributed by atoms with Gasteiger partial charge < -0.3 is 4.98 Å². The molecule has 0 aliphatic carbocycles. The SMILES string of the molecule is c1cc[nH]c1.c1ccc2nc3ccccc3cc2c1.c1cn[nH]c1. The van der Waals surface area contributed by atoms with Crippen LogP contribution >= 0.6 is 0 Å². The molecule has 118 valence electrons. The molecule has 0 bridgehead atoms. The standard InChI is InChI=1S/C13H9N.C4H5N.C3H4N2/c1-3-7-12-10(5-1)9-11-6-2-4-8-13(11)14-12;2*1-2-4-5-3-1/h1-9H;1-5H;1-3H,(H,4,5). The predicted octanol–water partition coefficient (Wildman–Crippen LogP) is 4.81. The van der Waals surface area contributed by atoms with E-state index in [9.17, 15) is 0 Å². The fraction of sp³-hybridized carbons (Fsp3) is 0. The molecule has 0 atom stereocenters. The van der Waals surface area contributed by atoms with Crippen LogP contribution in [-0.2, 0) is 0 Å². The highest BCUT2D eigenvalue weighted by atomic mass is 15.1. The van der Waals surface area contributed by atoms with E-state index in [1.54, 1.807) is 12.4 Å². The maximum absolute atomic E-state index is 4.58. The highest BCUT2D eigenvalue weighted by Crippen LogP contribution is 2.18. The summed E-state index contributed by atoms with van der Waals surface area (Å²) in [5.74, 6) is 0. The van der Waals surface area contributed by atoms with Crippen LogP contribution < -0.4 is 0 Å². The summed E-state index contributed by atoms with van der Waals surface area (Å²) >= 11 is 0. The van der Waals surface area contributed by atoms with Gasteiger partial charge in [0.2, 0.25) is 0 Å². The fourth-order valence-electron chi connectivity index (χ4n) is 2.21. The Kier molecular flexibility index (Phi) is 5.35. The molecule has 24 heavy (non-hydrogen) atoms. The highest BCUT2D eigenvalue weighted by Gasteiger charge is 1.96. The van der Waals surface area contributed by atoms with E-state index in [1.807, 2.05) is 67.0 Å². The number of nitrogens with one attached hydrogen (secondary N) is 2. The zero-order chi connectivity index (χ0) is 16.5. The van der Waals surface area contributed by atoms with Gasteiger partial charge in [0.05, 0.1) is 11.0 Å². The molecule has 0 amide bonds. The van der Waals surface area contributed by atoms with Gasteiger partial charge in [0, 0.05) is 35.6 Å². The van der Waals surface area contributed by atoms with Crippen LogP contribution in [0.4, 0.5) is 0 Å². The first-order valence-electron chi connectivity index (χ1n) is 7.69. The van der Waals surface area contributed by atoms with E-state index in [-0.39, 0.29) is 0 Å². The second-order valence-electron chi connectivity index (χ2n) is 5.03. The van der Waals surface area contributed by atoms with Gasteiger partial charge in [-0.15, -0.1) is 0 Å². The minimum atomic E-state index is 1.06. The number of rotatable bonds is 0. The van der Waals surface area contributed by atoms with Crippen LogP contribution in [0, 0.1) is 0 Å². The maximum Gasteiger partial charge on any atom is 0.0709 e. The van der Waals surface area contributed by atoms with Crippen LogP contribution in [0.15, 0.2) is 97.6 Å². The van der Waals surface area contributed by atoms with Gasteiger partial charge in [-0.3, -0.25) is 5.10 Å². The van der Waals surface area contributed by atoms with Gasteiger partial charge in [0.1, 0.15) is 0 Å². The molecule has 0 radical (unpaired) electrons. The number of para-hydroxylation sites is 2. The third kappa shape index (κ3) is 4.30. The molecule has 5 rings (SSSR count). The summed E-state index contributed by atoms with van der Waals surface area (Å²) in [5.41, 5.74) is 2.12. The van der Waals surface area contributed by atoms with Crippen molar-refractivity contribution in [2.24, 2.45) is 0 Å². The van der Waals surface area contributed by atoms with Crippen molar-refractivity contribution in [2.75, 3.05) is 0 Å². The van der Waals surface area contributed by atoms with Gasteiger partial charge in [0.15, 0.2) is 0 Å². The minimum Gasteiger partial charge on any atom is -0.368 e. The maximum atomic E-state index is 4.58. The molecule has 0 aliphatic heterocycles. The molecule has 3 aromatic heterocycles. The molecular weight excluding hydrogens is 296 g/mol. The highest BCUT2D eigenvalue weighted by molar-refractivity contribution is 5.92. The Bertz CT molecular complexity index is 792. The van der Waals surface area contributed by atoms with Crippen LogP contribution in [0.2, 0.25) is 0 Å². The summed E-state index contributed by atoms with van der Waals surface area (Å²) in [5, 5.41) is 8.61. The molecule has 0 spiro atoms. The number of hydrogen-bond acceptors (Lipinski definition) is 2. The summed E-state index contributed by atoms with van der Waals surface area (Å²) in [6, 6.07) is 24.3. The molecule has 0 saturated carbocycles. The second kappa shape index (κ2) is 8.29. The first kappa shape index (κ1) is 15.5. The van der Waals surface area contributed by atoms with E-state index in [1.165, 1.54) is 10.8 Å². The van der Waals surface area contributed by atoms with Crippen molar-refractivity contribution in [1.82, 2.24) is 20.2 Å². The van der Waals surface area contributed by atoms with Gasteiger partial charge in [-0.25, -0.2) is 4.98 Å². The zero-order valence-electron chi connectivity index (χ0n) is 13.1. The summed E-state index contributed by atoms with van der Waals surface area (Å²) < 4.78 is 0. The number of fused-ring (bicyclic) bond motifs is 2. The van der Waals surface area contributed by atoms with Crippen molar-refractivity contribution in [3.8, 4) is 0 Å². The lowest BCUT2D eigenvalue weighted by molar-refractivity contribution is 1.09. The first-order valence-corrected chi connectivity index (χ1v) is 7.69. The van der Waals surface area contributed by atoms with Crippen LogP contribution in [0.3, 0.4) is 0 Å². The summed E-state index contributed by atoms with van der Waals surface area (Å²) in [6.45, 7) is 0. The monoisotopic (exact) mass is 314 g/mol. The fourth-order valence-corrected chi connectivity index (χ4v) is 2.21. The van der Waals surface area contributed by atoms with Crippen molar-refractivity contribution in [1.29, 1.82) is 0 Å². The van der Waals surface area contributed by atoms with Crippen LogP contribution in [0.5, 0.6) is 0 Å². The topological polar surface area (TPSA) is 57.4 Å². The van der Waals surface area contributed by atoms with E-state index < -0.39 is 0 Å². The minimum absolute atomic E-state index is 1.06. The zero-order valence-corrected chi connectivity index (χ0v) is 13.1. The Balaban J connectivity index is 0.000000138. The van der Waals surface area contributed by atoms with E-state index in [0.717, 1.165) is 11.0 Å². The number of aromatic amines is 2. The Morgan fingerprint density at radius 3 is 1.67 bits per heavy atom. The van der Waals surface area contributed by atoms with Crippen molar-refractivity contribution in [2.45, 2.75) is 0 Å². The smallest absolute Gasteiger partial charge is 0.0709 e. The normalized spacial score (nSPS) is 9.67. The van der Waals surface area contributed by atoms with E-state index in [0.29, 0.717) is 0 Å². The Labute approximate surface area is 140 Å². The molecule has 3 heterocycles.